The molecule has 3 aromatic rings. The lowest BCUT2D eigenvalue weighted by Crippen LogP contribution is -2.29. The van der Waals surface area contributed by atoms with Gasteiger partial charge in [0.25, 0.3) is 10.0 Å². The van der Waals surface area contributed by atoms with Gasteiger partial charge in [-0.2, -0.15) is 0 Å². The highest BCUT2D eigenvalue weighted by molar-refractivity contribution is 7.93. The summed E-state index contributed by atoms with van der Waals surface area (Å²) >= 11 is 6.24. The van der Waals surface area contributed by atoms with Crippen LogP contribution in [0.3, 0.4) is 0 Å². The Balaban J connectivity index is 1.57. The number of carbonyl (C=O) groups excluding carboxylic acids is 1. The summed E-state index contributed by atoms with van der Waals surface area (Å²) in [6.07, 6.45) is 0.619. The maximum Gasteiger partial charge on any atom is 0.338 e. The fourth-order valence-electron chi connectivity index (χ4n) is 3.65. The van der Waals surface area contributed by atoms with Crippen molar-refractivity contribution in [2.24, 2.45) is 0 Å². The van der Waals surface area contributed by atoms with E-state index in [0.29, 0.717) is 31.0 Å². The van der Waals surface area contributed by atoms with Crippen molar-refractivity contribution in [3.05, 3.63) is 88.4 Å². The lowest BCUT2D eigenvalue weighted by Gasteiger charge is -2.20. The maximum absolute atomic E-state index is 13.4. The Bertz CT molecular complexity index is 1260. The van der Waals surface area contributed by atoms with Crippen LogP contribution in [-0.4, -0.2) is 27.5 Å². The Morgan fingerprint density at radius 1 is 1.06 bits per heavy atom. The van der Waals surface area contributed by atoms with Crippen LogP contribution in [0.4, 0.5) is 5.69 Å². The molecule has 0 aromatic heterocycles. The van der Waals surface area contributed by atoms with Crippen molar-refractivity contribution in [3.63, 3.8) is 0 Å². The maximum atomic E-state index is 13.4. The second kappa shape index (κ2) is 9.22. The van der Waals surface area contributed by atoms with Gasteiger partial charge < -0.3 is 9.47 Å². The lowest BCUT2D eigenvalue weighted by molar-refractivity contribution is 0.0469. The summed E-state index contributed by atoms with van der Waals surface area (Å²) in [5, 5.41) is 0.0487. The molecule has 0 N–H and O–H groups in total. The van der Waals surface area contributed by atoms with Gasteiger partial charge in [0, 0.05) is 12.1 Å². The minimum absolute atomic E-state index is 0.000777. The van der Waals surface area contributed by atoms with Crippen LogP contribution >= 0.6 is 11.6 Å². The summed E-state index contributed by atoms with van der Waals surface area (Å²) in [6, 6.07) is 18.7. The number of para-hydroxylation sites is 2. The Labute approximate surface area is 192 Å². The van der Waals surface area contributed by atoms with E-state index in [9.17, 15) is 13.2 Å². The van der Waals surface area contributed by atoms with E-state index < -0.39 is 16.0 Å². The zero-order valence-electron chi connectivity index (χ0n) is 17.5. The van der Waals surface area contributed by atoms with Gasteiger partial charge in [-0.15, -0.1) is 0 Å². The topological polar surface area (TPSA) is 72.9 Å². The van der Waals surface area contributed by atoms with Gasteiger partial charge in [-0.1, -0.05) is 48.0 Å². The number of esters is 1. The Morgan fingerprint density at radius 3 is 2.62 bits per heavy atom. The summed E-state index contributed by atoms with van der Waals surface area (Å²) in [4.78, 5) is 12.6. The largest absolute Gasteiger partial charge is 0.493 e. The van der Waals surface area contributed by atoms with Gasteiger partial charge in [-0.05, 0) is 49.2 Å². The minimum Gasteiger partial charge on any atom is -0.493 e. The number of ether oxygens (including phenoxy) is 2. The zero-order valence-corrected chi connectivity index (χ0v) is 19.0. The molecule has 0 fully saturated rings. The molecule has 0 aliphatic carbocycles. The first-order valence-electron chi connectivity index (χ1n) is 10.2. The zero-order chi connectivity index (χ0) is 22.7. The van der Waals surface area contributed by atoms with Gasteiger partial charge in [0.2, 0.25) is 0 Å². The number of fused-ring (bicyclic) bond motifs is 1. The molecule has 8 heteroatoms. The highest BCUT2D eigenvalue weighted by Gasteiger charge is 2.32. The van der Waals surface area contributed by atoms with E-state index in [0.717, 1.165) is 11.1 Å². The highest BCUT2D eigenvalue weighted by Crippen LogP contribution is 2.35. The normalized spacial score (nSPS) is 13.0. The van der Waals surface area contributed by atoms with Crippen LogP contribution in [0.25, 0.3) is 0 Å². The van der Waals surface area contributed by atoms with E-state index >= 15 is 0 Å². The van der Waals surface area contributed by atoms with Crippen LogP contribution in [0.15, 0.2) is 71.6 Å². The van der Waals surface area contributed by atoms with Gasteiger partial charge in [0.15, 0.2) is 0 Å². The van der Waals surface area contributed by atoms with Crippen molar-refractivity contribution in [2.75, 3.05) is 17.5 Å². The molecule has 0 saturated carbocycles. The van der Waals surface area contributed by atoms with Crippen LogP contribution < -0.4 is 9.04 Å². The molecule has 166 valence electrons. The number of anilines is 1. The van der Waals surface area contributed by atoms with Crippen LogP contribution in [0, 0.1) is 0 Å². The second-order valence-electron chi connectivity index (χ2n) is 7.22. The third kappa shape index (κ3) is 4.31. The Hall–Kier alpha value is -3.03. The van der Waals surface area contributed by atoms with Crippen molar-refractivity contribution < 1.29 is 22.7 Å². The van der Waals surface area contributed by atoms with Crippen molar-refractivity contribution in [1.82, 2.24) is 0 Å². The average molecular weight is 472 g/mol. The van der Waals surface area contributed by atoms with Crippen molar-refractivity contribution in [1.29, 1.82) is 0 Å². The van der Waals surface area contributed by atoms with Gasteiger partial charge in [0.1, 0.15) is 17.3 Å². The molecule has 0 amide bonds. The summed E-state index contributed by atoms with van der Waals surface area (Å²) < 4.78 is 39.0. The smallest absolute Gasteiger partial charge is 0.338 e. The number of rotatable bonds is 7. The van der Waals surface area contributed by atoms with Gasteiger partial charge in [-0.25, -0.2) is 13.2 Å². The van der Waals surface area contributed by atoms with E-state index in [1.54, 1.807) is 24.3 Å². The number of sulfonamides is 1. The Morgan fingerprint density at radius 2 is 1.81 bits per heavy atom. The molecule has 32 heavy (non-hydrogen) atoms. The molecule has 0 unspecified atom stereocenters. The molecule has 6 nitrogen and oxygen atoms in total. The number of carbonyl (C=O) groups is 1. The molecule has 1 aliphatic rings. The third-order valence-electron chi connectivity index (χ3n) is 5.21. The SMILES string of the molecule is CCOc1ccccc1COC(=O)c1ccc(Cl)c(S(=O)(=O)N2CCc3ccccc32)c1. The predicted octanol–water partition coefficient (Wildman–Crippen LogP) is 4.85. The van der Waals surface area contributed by atoms with Crippen LogP contribution in [-0.2, 0) is 27.8 Å². The molecular weight excluding hydrogens is 450 g/mol. The second-order valence-corrected chi connectivity index (χ2v) is 9.46. The first-order valence-corrected chi connectivity index (χ1v) is 12.0. The first-order chi connectivity index (χ1) is 15.4. The molecule has 4 rings (SSSR count). The van der Waals surface area contributed by atoms with Crippen molar-refractivity contribution in [3.8, 4) is 5.75 Å². The minimum atomic E-state index is -3.95. The number of benzene rings is 3. The molecule has 0 spiro atoms. The summed E-state index contributed by atoms with van der Waals surface area (Å²) in [5.74, 6) is -0.0129. The lowest BCUT2D eigenvalue weighted by atomic mass is 10.2. The summed E-state index contributed by atoms with van der Waals surface area (Å²) in [7, 11) is -3.95. The van der Waals surface area contributed by atoms with Crippen molar-refractivity contribution in [2.45, 2.75) is 24.8 Å². The van der Waals surface area contributed by atoms with Gasteiger partial charge >= 0.3 is 5.97 Å². The molecule has 0 atom stereocenters. The van der Waals surface area contributed by atoms with E-state index in [1.807, 2.05) is 31.2 Å². The molecule has 3 aromatic carbocycles. The Kier molecular flexibility index (Phi) is 6.39. The molecule has 0 bridgehead atoms. The van der Waals surface area contributed by atoms with Crippen LogP contribution in [0.2, 0.25) is 5.02 Å². The van der Waals surface area contributed by atoms with Crippen molar-refractivity contribution >= 4 is 33.3 Å². The monoisotopic (exact) mass is 471 g/mol. The van der Waals surface area contributed by atoms with E-state index in [1.165, 1.54) is 22.5 Å². The van der Waals surface area contributed by atoms with Crippen LogP contribution in [0.1, 0.15) is 28.4 Å². The molecule has 0 radical (unpaired) electrons. The summed E-state index contributed by atoms with van der Waals surface area (Å²) in [6.45, 7) is 2.68. The number of hydrogen-bond donors (Lipinski definition) is 0. The molecule has 1 aliphatic heterocycles. The van der Waals surface area contributed by atoms with Gasteiger partial charge in [0.05, 0.1) is 22.9 Å². The predicted molar refractivity (Wildman–Crippen MR) is 123 cm³/mol. The van der Waals surface area contributed by atoms with E-state index in [4.69, 9.17) is 21.1 Å². The first kappa shape index (κ1) is 22.2. The fourth-order valence-corrected chi connectivity index (χ4v) is 5.66. The number of hydrogen-bond acceptors (Lipinski definition) is 5. The fraction of sp³-hybridized carbons (Fsp3) is 0.208. The third-order valence-corrected chi connectivity index (χ3v) is 7.51. The number of halogens is 1. The quantitative estimate of drug-likeness (QED) is 0.461. The van der Waals surface area contributed by atoms with Gasteiger partial charge in [-0.3, -0.25) is 4.31 Å². The molecule has 1 heterocycles. The standard InChI is InChI=1S/C24H22ClNO5S/c1-2-30-22-10-6-4-8-19(22)16-31-24(27)18-11-12-20(25)23(15-18)32(28,29)26-14-13-17-7-3-5-9-21(17)26/h3-12,15H,2,13-14,16H2,1H3. The van der Waals surface area contributed by atoms with E-state index in [-0.39, 0.29) is 22.1 Å². The molecule has 0 saturated heterocycles. The average Bonchev–Trinajstić information content (AvgIpc) is 3.24. The highest BCUT2D eigenvalue weighted by atomic mass is 35.5. The molecular formula is C24H22ClNO5S. The van der Waals surface area contributed by atoms with E-state index in [2.05, 4.69) is 0 Å². The number of nitrogens with zero attached hydrogens (tertiary/aromatic N) is 1. The van der Waals surface area contributed by atoms with Crippen LogP contribution in [0.5, 0.6) is 5.75 Å². The summed E-state index contributed by atoms with van der Waals surface area (Å²) in [5.41, 5.74) is 2.41.